The van der Waals surface area contributed by atoms with Crippen LogP contribution in [0.15, 0.2) is 103 Å². The van der Waals surface area contributed by atoms with Crippen LogP contribution in [0.1, 0.15) is 61.1 Å². The standard InChI is InChI=1S/C38H39N3O3/c1-5-23-44-28-21-19-27(20-22-28)39-37(42)33(24-25(2)3)41-36(29-15-9-10-16-30(29)38(41)43)34-31-17-11-12-18-32(31)40(4)35(34)26-13-7-6-8-14-26/h6-22,25,33,36H,5,23-24H2,1-4H3,(H,39,42). The third kappa shape index (κ3) is 5.37. The first-order valence-corrected chi connectivity index (χ1v) is 15.5. The fraction of sp³-hybridized carbons (Fsp3) is 0.263. The Bertz CT molecular complexity index is 1790. The van der Waals surface area contributed by atoms with E-state index in [0.717, 1.165) is 45.5 Å². The number of nitrogens with one attached hydrogen (secondary N) is 1. The fourth-order valence-corrected chi connectivity index (χ4v) is 6.47. The van der Waals surface area contributed by atoms with Gasteiger partial charge in [0.1, 0.15) is 11.8 Å². The monoisotopic (exact) mass is 585 g/mol. The van der Waals surface area contributed by atoms with Gasteiger partial charge < -0.3 is 19.5 Å². The first kappa shape index (κ1) is 29.2. The maximum atomic E-state index is 14.4. The first-order valence-electron chi connectivity index (χ1n) is 15.5. The summed E-state index contributed by atoms with van der Waals surface area (Å²) < 4.78 is 7.94. The van der Waals surface area contributed by atoms with E-state index in [1.54, 1.807) is 0 Å². The minimum absolute atomic E-state index is 0.123. The predicted octanol–water partition coefficient (Wildman–Crippen LogP) is 8.23. The van der Waals surface area contributed by atoms with Crippen LogP contribution in [0.4, 0.5) is 5.69 Å². The molecular formula is C38H39N3O3. The number of para-hydroxylation sites is 1. The van der Waals surface area contributed by atoms with Gasteiger partial charge in [-0.1, -0.05) is 87.5 Å². The topological polar surface area (TPSA) is 63.6 Å². The van der Waals surface area contributed by atoms with Crippen LogP contribution in [0.3, 0.4) is 0 Å². The summed E-state index contributed by atoms with van der Waals surface area (Å²) in [5.41, 5.74) is 6.45. The molecule has 1 aromatic heterocycles. The van der Waals surface area contributed by atoms with Gasteiger partial charge in [-0.05, 0) is 66.3 Å². The Morgan fingerprint density at radius 2 is 1.57 bits per heavy atom. The summed E-state index contributed by atoms with van der Waals surface area (Å²) in [7, 11) is 2.08. The first-order chi connectivity index (χ1) is 21.4. The fourth-order valence-electron chi connectivity index (χ4n) is 6.47. The smallest absolute Gasteiger partial charge is 0.255 e. The molecule has 0 bridgehead atoms. The molecule has 6 heteroatoms. The molecule has 0 fully saturated rings. The second kappa shape index (κ2) is 12.4. The van der Waals surface area contributed by atoms with E-state index in [0.29, 0.717) is 24.3 Å². The van der Waals surface area contributed by atoms with Crippen LogP contribution in [0.5, 0.6) is 5.75 Å². The van der Waals surface area contributed by atoms with Crippen molar-refractivity contribution >= 4 is 28.4 Å². The number of aromatic nitrogens is 1. The predicted molar refractivity (Wildman–Crippen MR) is 177 cm³/mol. The van der Waals surface area contributed by atoms with Crippen molar-refractivity contribution in [2.75, 3.05) is 11.9 Å². The number of nitrogens with zero attached hydrogens (tertiary/aromatic N) is 2. The van der Waals surface area contributed by atoms with E-state index in [4.69, 9.17) is 4.74 Å². The van der Waals surface area contributed by atoms with E-state index >= 15 is 0 Å². The van der Waals surface area contributed by atoms with Crippen LogP contribution in [0, 0.1) is 5.92 Å². The minimum atomic E-state index is -0.696. The van der Waals surface area contributed by atoms with Gasteiger partial charge in [-0.2, -0.15) is 0 Å². The van der Waals surface area contributed by atoms with E-state index in [1.807, 2.05) is 83.8 Å². The Morgan fingerprint density at radius 3 is 2.30 bits per heavy atom. The Labute approximate surface area is 259 Å². The van der Waals surface area contributed by atoms with Crippen LogP contribution in [0.2, 0.25) is 0 Å². The number of carbonyl (C=O) groups is 2. The normalized spacial score (nSPS) is 15.1. The lowest BCUT2D eigenvalue weighted by molar-refractivity contribution is -0.121. The lowest BCUT2D eigenvalue weighted by Gasteiger charge is -2.34. The summed E-state index contributed by atoms with van der Waals surface area (Å²) in [4.78, 5) is 30.5. The molecule has 1 aliphatic rings. The van der Waals surface area contributed by atoms with Gasteiger partial charge in [0, 0.05) is 34.8 Å². The van der Waals surface area contributed by atoms with Crippen molar-refractivity contribution in [2.45, 2.75) is 45.7 Å². The number of carbonyl (C=O) groups excluding carboxylic acids is 2. The highest BCUT2D eigenvalue weighted by Crippen LogP contribution is 2.47. The summed E-state index contributed by atoms with van der Waals surface area (Å²) in [6.07, 6.45) is 1.44. The third-order valence-corrected chi connectivity index (χ3v) is 8.39. The van der Waals surface area contributed by atoms with Crippen LogP contribution in [0.25, 0.3) is 22.2 Å². The molecular weight excluding hydrogens is 546 g/mol. The molecule has 0 spiro atoms. The number of benzene rings is 4. The quantitative estimate of drug-likeness (QED) is 0.180. The minimum Gasteiger partial charge on any atom is -0.494 e. The molecule has 0 saturated heterocycles. The molecule has 4 aromatic carbocycles. The lowest BCUT2D eigenvalue weighted by Crippen LogP contribution is -2.47. The molecule has 44 heavy (non-hydrogen) atoms. The highest BCUT2D eigenvalue weighted by Gasteiger charge is 2.46. The van der Waals surface area contributed by atoms with E-state index < -0.39 is 12.1 Å². The average molecular weight is 586 g/mol. The summed E-state index contributed by atoms with van der Waals surface area (Å²) in [5, 5.41) is 4.19. The molecule has 2 atom stereocenters. The van der Waals surface area contributed by atoms with E-state index in [9.17, 15) is 9.59 Å². The number of fused-ring (bicyclic) bond motifs is 2. The van der Waals surface area contributed by atoms with Crippen molar-refractivity contribution in [3.8, 4) is 17.0 Å². The third-order valence-electron chi connectivity index (χ3n) is 8.39. The number of hydrogen-bond donors (Lipinski definition) is 1. The highest BCUT2D eigenvalue weighted by molar-refractivity contribution is 6.06. The zero-order valence-corrected chi connectivity index (χ0v) is 25.8. The Kier molecular flexibility index (Phi) is 8.25. The Hall–Kier alpha value is -4.84. The van der Waals surface area contributed by atoms with Crippen LogP contribution in [-0.2, 0) is 11.8 Å². The molecule has 0 saturated carbocycles. The van der Waals surface area contributed by atoms with Crippen molar-refractivity contribution in [3.05, 3.63) is 120 Å². The molecule has 224 valence electrons. The van der Waals surface area contributed by atoms with Gasteiger partial charge in [-0.3, -0.25) is 9.59 Å². The van der Waals surface area contributed by atoms with Crippen molar-refractivity contribution in [3.63, 3.8) is 0 Å². The van der Waals surface area contributed by atoms with Crippen molar-refractivity contribution in [2.24, 2.45) is 13.0 Å². The number of hydrogen-bond acceptors (Lipinski definition) is 3. The van der Waals surface area contributed by atoms with Gasteiger partial charge in [0.2, 0.25) is 5.91 Å². The van der Waals surface area contributed by atoms with Gasteiger partial charge in [0.05, 0.1) is 18.3 Å². The molecule has 2 heterocycles. The summed E-state index contributed by atoms with van der Waals surface area (Å²) in [6.45, 7) is 6.89. The summed E-state index contributed by atoms with van der Waals surface area (Å²) in [5.74, 6) is 0.613. The average Bonchev–Trinajstić information content (AvgIpc) is 3.50. The molecule has 2 amide bonds. The summed E-state index contributed by atoms with van der Waals surface area (Å²) in [6, 6.07) is 32.7. The van der Waals surface area contributed by atoms with E-state index in [1.165, 1.54) is 0 Å². The molecule has 2 unspecified atom stereocenters. The maximum absolute atomic E-state index is 14.4. The van der Waals surface area contributed by atoms with Gasteiger partial charge in [-0.25, -0.2) is 0 Å². The molecule has 6 rings (SSSR count). The van der Waals surface area contributed by atoms with Crippen molar-refractivity contribution in [1.82, 2.24) is 9.47 Å². The van der Waals surface area contributed by atoms with Gasteiger partial charge in [0.15, 0.2) is 0 Å². The second-order valence-electron chi connectivity index (χ2n) is 11.9. The number of amides is 2. The van der Waals surface area contributed by atoms with Gasteiger partial charge >= 0.3 is 0 Å². The van der Waals surface area contributed by atoms with Crippen molar-refractivity contribution < 1.29 is 14.3 Å². The lowest BCUT2D eigenvalue weighted by atomic mass is 9.91. The molecule has 6 nitrogen and oxygen atoms in total. The Morgan fingerprint density at radius 1 is 0.886 bits per heavy atom. The zero-order valence-electron chi connectivity index (χ0n) is 25.8. The number of ether oxygens (including phenoxy) is 1. The highest BCUT2D eigenvalue weighted by atomic mass is 16.5. The number of rotatable bonds is 10. The van der Waals surface area contributed by atoms with E-state index in [2.05, 4.69) is 62.0 Å². The summed E-state index contributed by atoms with van der Waals surface area (Å²) >= 11 is 0. The maximum Gasteiger partial charge on any atom is 0.255 e. The van der Waals surface area contributed by atoms with Crippen LogP contribution < -0.4 is 10.1 Å². The van der Waals surface area contributed by atoms with Crippen molar-refractivity contribution in [1.29, 1.82) is 0 Å². The largest absolute Gasteiger partial charge is 0.494 e. The molecule has 5 aromatic rings. The van der Waals surface area contributed by atoms with E-state index in [-0.39, 0.29) is 17.7 Å². The van der Waals surface area contributed by atoms with Crippen LogP contribution >= 0.6 is 0 Å². The van der Waals surface area contributed by atoms with Gasteiger partial charge in [-0.15, -0.1) is 0 Å². The van der Waals surface area contributed by atoms with Crippen LogP contribution in [-0.4, -0.2) is 33.9 Å². The number of anilines is 1. The second-order valence-corrected chi connectivity index (χ2v) is 11.9. The Balaban J connectivity index is 1.49. The van der Waals surface area contributed by atoms with Gasteiger partial charge in [0.25, 0.3) is 5.91 Å². The molecule has 1 aliphatic heterocycles. The molecule has 0 radical (unpaired) electrons. The zero-order chi connectivity index (χ0) is 30.8. The number of aryl methyl sites for hydroxylation is 1. The molecule has 1 N–H and O–H groups in total. The SMILES string of the molecule is CCCOc1ccc(NC(=O)C(CC(C)C)N2C(=O)c3ccccc3C2c2c(-c3ccccc3)n(C)c3ccccc23)cc1. The molecule has 0 aliphatic carbocycles.